The van der Waals surface area contributed by atoms with Crippen LogP contribution in [0, 0.1) is 31.7 Å². The Morgan fingerprint density at radius 2 is 1.00 bits per heavy atom. The molecule has 4 aromatic heterocycles. The number of benzene rings is 4. The number of alkyl halides is 12. The molecule has 8 nitrogen and oxygen atoms in total. The Bertz CT molecular complexity index is 2440. The molecule has 0 bridgehead atoms. The van der Waals surface area contributed by atoms with E-state index in [9.17, 15) is 52.7 Å². The van der Waals surface area contributed by atoms with Crippen molar-refractivity contribution in [2.24, 2.45) is 0 Å². The molecule has 0 amide bonds. The number of rotatable bonds is 5. The molecule has 0 saturated carbocycles. The third-order valence-electron chi connectivity index (χ3n) is 8.26. The van der Waals surface area contributed by atoms with E-state index in [0.29, 0.717) is 11.6 Å². The van der Waals surface area contributed by atoms with E-state index < -0.39 is 47.0 Å². The van der Waals surface area contributed by atoms with E-state index in [1.54, 1.807) is 13.1 Å². The van der Waals surface area contributed by atoms with Crippen molar-refractivity contribution in [2.45, 2.75) is 31.6 Å². The van der Waals surface area contributed by atoms with Crippen LogP contribution < -0.4 is 14.2 Å². The van der Waals surface area contributed by atoms with Crippen molar-refractivity contribution in [1.29, 1.82) is 0 Å². The molecule has 1 radical (unpaired) electrons. The van der Waals surface area contributed by atoms with Gasteiger partial charge in [0.05, 0.1) is 28.2 Å². The van der Waals surface area contributed by atoms with E-state index in [1.807, 2.05) is 18.2 Å². The molecule has 0 unspecified atom stereocenters. The quantitative estimate of drug-likeness (QED) is 0.0979. The van der Waals surface area contributed by atoms with Crippen LogP contribution in [0.25, 0.3) is 34.3 Å². The first kappa shape index (κ1) is 47.4. The summed E-state index contributed by atoms with van der Waals surface area (Å²) in [5.74, 6) is 1.27. The second-order valence-corrected chi connectivity index (χ2v) is 12.7. The van der Waals surface area contributed by atoms with Crippen molar-refractivity contribution in [1.82, 2.24) is 29.3 Å². The normalized spacial score (nSPS) is 11.8. The van der Waals surface area contributed by atoms with Gasteiger partial charge < -0.3 is 19.2 Å². The first-order valence-electron chi connectivity index (χ1n) is 17.5. The Kier molecular flexibility index (Phi) is 14.5. The van der Waals surface area contributed by atoms with Gasteiger partial charge in [0.25, 0.3) is 12.7 Å². The second kappa shape index (κ2) is 19.2. The van der Waals surface area contributed by atoms with Crippen LogP contribution in [-0.2, 0) is 44.8 Å². The fourth-order valence-corrected chi connectivity index (χ4v) is 5.31. The largest absolute Gasteiger partial charge is 0.421 e. The van der Waals surface area contributed by atoms with Gasteiger partial charge in [0.15, 0.2) is 0 Å². The van der Waals surface area contributed by atoms with Crippen LogP contribution in [0.3, 0.4) is 0 Å². The first-order valence-corrected chi connectivity index (χ1v) is 17.5. The topological polar surface area (TPSA) is 70.4 Å². The van der Waals surface area contributed by atoms with Gasteiger partial charge in [-0.05, 0) is 60.5 Å². The Morgan fingerprint density at radius 1 is 0.556 bits per heavy atom. The second-order valence-electron chi connectivity index (χ2n) is 12.7. The zero-order chi connectivity index (χ0) is 44.9. The molecule has 0 aliphatic heterocycles. The fraction of sp³-hybridized carbons (Fsp3) is 0.119. The average molecular weight is 1060 g/mol. The van der Waals surface area contributed by atoms with Crippen LogP contribution in [-0.4, -0.2) is 24.2 Å². The van der Waals surface area contributed by atoms with Crippen molar-refractivity contribution >= 4 is 0 Å². The molecule has 4 aromatic carbocycles. The van der Waals surface area contributed by atoms with Crippen molar-refractivity contribution in [3.63, 3.8) is 0 Å². The number of aryl methyl sites for hydroxylation is 1. The molecule has 0 fully saturated rings. The molecule has 8 rings (SSSR count). The van der Waals surface area contributed by atoms with E-state index in [1.165, 1.54) is 67.3 Å². The summed E-state index contributed by atoms with van der Waals surface area (Å²) in [5.41, 5.74) is -2.10. The Balaban J connectivity index is 0.000000187. The monoisotopic (exact) mass is 1060 g/mol. The number of pyridine rings is 1. The summed E-state index contributed by atoms with van der Waals surface area (Å²) in [5, 5.41) is 7.65. The molecule has 329 valence electrons. The summed E-state index contributed by atoms with van der Waals surface area (Å²) in [6.07, 6.45) is -5.40. The number of hydrogen-bond acceptors (Lipinski definition) is 3. The number of halogens is 12. The van der Waals surface area contributed by atoms with E-state index in [2.05, 4.69) is 45.0 Å². The van der Waals surface area contributed by atoms with E-state index in [4.69, 9.17) is 0 Å². The van der Waals surface area contributed by atoms with Gasteiger partial charge >= 0.3 is 24.7 Å². The third kappa shape index (κ3) is 12.5. The van der Waals surface area contributed by atoms with Gasteiger partial charge in [0.2, 0.25) is 0 Å². The molecule has 0 aliphatic carbocycles. The number of aromatic nitrogens is 8. The van der Waals surface area contributed by atoms with Gasteiger partial charge in [0.1, 0.15) is 0 Å². The van der Waals surface area contributed by atoms with Crippen LogP contribution in [0.5, 0.6) is 0 Å². The average Bonchev–Trinajstić information content (AvgIpc) is 4.03. The van der Waals surface area contributed by atoms with Gasteiger partial charge in [-0.2, -0.15) is 89.1 Å². The van der Waals surface area contributed by atoms with Crippen LogP contribution in [0.1, 0.15) is 28.1 Å². The Labute approximate surface area is 363 Å². The maximum absolute atomic E-state index is 12.8. The molecule has 0 atom stereocenters. The maximum atomic E-state index is 12.8. The third-order valence-corrected chi connectivity index (χ3v) is 8.26. The van der Waals surface area contributed by atoms with Crippen molar-refractivity contribution < 1.29 is 81.9 Å². The summed E-state index contributed by atoms with van der Waals surface area (Å²) in [6, 6.07) is 25.7. The molecule has 21 heteroatoms. The Hall–Kier alpha value is -6.60. The van der Waals surface area contributed by atoms with Crippen molar-refractivity contribution in [2.75, 3.05) is 0 Å². The first-order chi connectivity index (χ1) is 29.1. The maximum Gasteiger partial charge on any atom is 0.415 e. The van der Waals surface area contributed by atoms with Crippen molar-refractivity contribution in [3.05, 3.63) is 187 Å². The van der Waals surface area contributed by atoms with E-state index >= 15 is 0 Å². The zero-order valence-electron chi connectivity index (χ0n) is 31.6. The summed E-state index contributed by atoms with van der Waals surface area (Å²) >= 11 is 0. The minimum absolute atomic E-state index is 0. The van der Waals surface area contributed by atoms with Crippen LogP contribution in [0.15, 0.2) is 134 Å². The van der Waals surface area contributed by atoms with Crippen LogP contribution >= 0.6 is 0 Å². The van der Waals surface area contributed by atoms with Crippen LogP contribution in [0.4, 0.5) is 52.7 Å². The minimum atomic E-state index is -4.51. The predicted octanol–water partition coefficient (Wildman–Crippen LogP) is 9.59. The summed E-state index contributed by atoms with van der Waals surface area (Å²) < 4.78 is 158. The molecule has 0 N–H and O–H groups in total. The van der Waals surface area contributed by atoms with Gasteiger partial charge in [-0.25, -0.2) is 0 Å². The fourth-order valence-electron chi connectivity index (χ4n) is 5.31. The van der Waals surface area contributed by atoms with E-state index in [0.717, 1.165) is 66.4 Å². The van der Waals surface area contributed by atoms with Gasteiger partial charge in [-0.1, -0.05) is 41.5 Å². The summed E-state index contributed by atoms with van der Waals surface area (Å²) in [4.78, 5) is 8.19. The summed E-state index contributed by atoms with van der Waals surface area (Å²) in [6.45, 7) is 1.80. The molecule has 0 aliphatic rings. The van der Waals surface area contributed by atoms with Crippen LogP contribution in [0.2, 0.25) is 0 Å². The SMILES string of the molecule is Cc1n[n-]c(-c2ccccn2)n1.FC(F)(F)c1cc[c-]c(-n2[c-][n+](-c3cccc(C(F)(F)F)c3)cc2)c1.FC(F)(F)c1cc[c-]c(-n2[c-][n+](-c3cccc(C(F)(F)F)c3)cc2)c1.[Ir]. The van der Waals surface area contributed by atoms with Gasteiger partial charge in [-0.15, -0.1) is 12.1 Å². The number of hydrogen-bond donors (Lipinski definition) is 0. The number of nitrogens with zero attached hydrogens (tertiary/aromatic N) is 8. The molecule has 8 aromatic rings. The van der Waals surface area contributed by atoms with Gasteiger partial charge in [-0.3, -0.25) is 19.2 Å². The molecule has 0 spiro atoms. The Morgan fingerprint density at radius 3 is 1.38 bits per heavy atom. The standard InChI is InChI=1S/2C17H9F6N2.C8H7N4.Ir/c2*18-16(19,20)12-3-1-5-14(9-12)24-7-8-25(11-24)15-6-2-4-13(10-15)17(21,22)23;1-6-10-8(12-11-6)7-4-2-3-5-9-7;/h2*1-5,7-10H;2-5H,1H3;/q3*-1;. The molecule has 63 heavy (non-hydrogen) atoms. The zero-order valence-corrected chi connectivity index (χ0v) is 34.0. The summed E-state index contributed by atoms with van der Waals surface area (Å²) in [7, 11) is 0. The molecular formula is C42H25F12IrN8-3. The van der Waals surface area contributed by atoms with Crippen molar-refractivity contribution in [3.8, 4) is 34.3 Å². The molecule has 0 saturated heterocycles. The van der Waals surface area contributed by atoms with E-state index in [-0.39, 0.29) is 42.9 Å². The molecule has 4 heterocycles. The van der Waals surface area contributed by atoms with Gasteiger partial charge in [0, 0.05) is 56.9 Å². The number of imidazole rings is 2. The molecular weight excluding hydrogens is 1040 g/mol. The predicted molar refractivity (Wildman–Crippen MR) is 193 cm³/mol. The minimum Gasteiger partial charge on any atom is -0.421 e. The smallest absolute Gasteiger partial charge is 0.415 e.